The van der Waals surface area contributed by atoms with Crippen molar-refractivity contribution in [2.24, 2.45) is 0 Å². The van der Waals surface area contributed by atoms with Crippen LogP contribution in [-0.2, 0) is 11.3 Å². The molecule has 0 radical (unpaired) electrons. The maximum Gasteiger partial charge on any atom is 0.262 e. The zero-order valence-electron chi connectivity index (χ0n) is 11.5. The third-order valence-corrected chi connectivity index (χ3v) is 3.78. The predicted molar refractivity (Wildman–Crippen MR) is 88.3 cm³/mol. The summed E-state index contributed by atoms with van der Waals surface area (Å²) in [5, 5.41) is 12.5. The number of carbonyl (C=O) groups is 1. The summed E-state index contributed by atoms with van der Waals surface area (Å²) in [5.41, 5.74) is 1.45. The van der Waals surface area contributed by atoms with E-state index in [9.17, 15) is 4.79 Å². The first-order chi connectivity index (χ1) is 10.6. The van der Waals surface area contributed by atoms with Crippen LogP contribution >= 0.6 is 23.2 Å². The van der Waals surface area contributed by atoms with Gasteiger partial charge in [0.05, 0.1) is 10.0 Å². The Kier molecular flexibility index (Phi) is 5.60. The number of benzene rings is 2. The Hall–Kier alpha value is -2.28. The summed E-state index contributed by atoms with van der Waals surface area (Å²) in [4.78, 5) is 12.1. The molecule has 0 aliphatic heterocycles. The quantitative estimate of drug-likeness (QED) is 0.674. The molecule has 0 aromatic heterocycles. The summed E-state index contributed by atoms with van der Waals surface area (Å²) in [6.45, 7) is 0.349. The van der Waals surface area contributed by atoms with Crippen LogP contribution in [0, 0.1) is 11.3 Å². The number of hydrogen-bond acceptors (Lipinski definition) is 2. The molecule has 0 unspecified atom stereocenters. The van der Waals surface area contributed by atoms with Crippen LogP contribution in [-0.4, -0.2) is 5.91 Å². The highest BCUT2D eigenvalue weighted by molar-refractivity contribution is 6.43. The standard InChI is InChI=1S/C17H12Cl2N2O/c18-15-8-4-7-13(16(15)19)9-14(10-20)17(22)21-11-12-5-2-1-3-6-12/h1-9H,11H2,(H,21,22)/b14-9+. The Balaban J connectivity index is 2.14. The lowest BCUT2D eigenvalue weighted by Crippen LogP contribution is -2.23. The molecule has 0 bridgehead atoms. The second-order valence-electron chi connectivity index (χ2n) is 4.48. The van der Waals surface area contributed by atoms with Crippen molar-refractivity contribution in [3.63, 3.8) is 0 Å². The molecule has 2 aromatic carbocycles. The minimum Gasteiger partial charge on any atom is -0.347 e. The van der Waals surface area contributed by atoms with Crippen molar-refractivity contribution in [2.75, 3.05) is 0 Å². The van der Waals surface area contributed by atoms with E-state index >= 15 is 0 Å². The van der Waals surface area contributed by atoms with Gasteiger partial charge in [-0.15, -0.1) is 0 Å². The van der Waals surface area contributed by atoms with Crippen molar-refractivity contribution in [1.82, 2.24) is 5.32 Å². The van der Waals surface area contributed by atoms with Gasteiger partial charge >= 0.3 is 0 Å². The third kappa shape index (κ3) is 4.11. The van der Waals surface area contributed by atoms with Crippen molar-refractivity contribution >= 4 is 35.2 Å². The van der Waals surface area contributed by atoms with Crippen molar-refractivity contribution in [2.45, 2.75) is 6.54 Å². The van der Waals surface area contributed by atoms with Crippen LogP contribution < -0.4 is 5.32 Å². The summed E-state index contributed by atoms with van der Waals surface area (Å²) in [6, 6.07) is 16.4. The van der Waals surface area contributed by atoms with E-state index < -0.39 is 5.91 Å². The number of nitriles is 1. The first kappa shape index (κ1) is 16.1. The summed E-state index contributed by atoms with van der Waals surface area (Å²) in [6.07, 6.45) is 1.43. The molecule has 0 heterocycles. The van der Waals surface area contributed by atoms with Crippen LogP contribution in [0.15, 0.2) is 54.1 Å². The Labute approximate surface area is 138 Å². The van der Waals surface area contributed by atoms with Gasteiger partial charge in [0.2, 0.25) is 0 Å². The van der Waals surface area contributed by atoms with Crippen molar-refractivity contribution in [1.29, 1.82) is 5.26 Å². The molecule has 3 nitrogen and oxygen atoms in total. The molecule has 1 N–H and O–H groups in total. The van der Waals surface area contributed by atoms with Crippen LogP contribution in [0.3, 0.4) is 0 Å². The molecule has 0 aliphatic rings. The highest BCUT2D eigenvalue weighted by Crippen LogP contribution is 2.27. The maximum absolute atomic E-state index is 12.1. The minimum absolute atomic E-state index is 0.0277. The van der Waals surface area contributed by atoms with Gasteiger partial charge in [0, 0.05) is 6.54 Å². The number of nitrogens with one attached hydrogen (secondary N) is 1. The number of rotatable bonds is 4. The molecule has 0 aliphatic carbocycles. The fourth-order valence-corrected chi connectivity index (χ4v) is 2.17. The first-order valence-corrected chi connectivity index (χ1v) is 7.25. The normalized spacial score (nSPS) is 10.9. The largest absolute Gasteiger partial charge is 0.347 e. The van der Waals surface area contributed by atoms with Gasteiger partial charge < -0.3 is 5.32 Å². The third-order valence-electron chi connectivity index (χ3n) is 2.94. The van der Waals surface area contributed by atoms with E-state index in [0.29, 0.717) is 22.2 Å². The predicted octanol–water partition coefficient (Wildman–Crippen LogP) is 4.22. The Morgan fingerprint density at radius 2 is 1.86 bits per heavy atom. The Bertz CT molecular complexity index is 749. The first-order valence-electron chi connectivity index (χ1n) is 6.49. The zero-order chi connectivity index (χ0) is 15.9. The van der Waals surface area contributed by atoms with E-state index in [0.717, 1.165) is 5.56 Å². The molecule has 110 valence electrons. The molecule has 2 rings (SSSR count). The molecule has 0 saturated carbocycles. The molecule has 0 saturated heterocycles. The summed E-state index contributed by atoms with van der Waals surface area (Å²) < 4.78 is 0. The van der Waals surface area contributed by atoms with Gasteiger partial charge in [-0.05, 0) is 23.3 Å². The maximum atomic E-state index is 12.1. The van der Waals surface area contributed by atoms with Crippen LogP contribution in [0.5, 0.6) is 0 Å². The number of amides is 1. The van der Waals surface area contributed by atoms with E-state index in [1.807, 2.05) is 36.4 Å². The van der Waals surface area contributed by atoms with Crippen molar-refractivity contribution in [3.8, 4) is 6.07 Å². The van der Waals surface area contributed by atoms with Gasteiger partial charge in [0.15, 0.2) is 0 Å². The fourth-order valence-electron chi connectivity index (χ4n) is 1.81. The van der Waals surface area contributed by atoms with Gasteiger partial charge in [-0.2, -0.15) is 5.26 Å². The van der Waals surface area contributed by atoms with Crippen molar-refractivity contribution < 1.29 is 4.79 Å². The Morgan fingerprint density at radius 3 is 2.55 bits per heavy atom. The second-order valence-corrected chi connectivity index (χ2v) is 5.27. The van der Waals surface area contributed by atoms with E-state index in [1.54, 1.807) is 18.2 Å². The molecule has 0 fully saturated rings. The fraction of sp³-hybridized carbons (Fsp3) is 0.0588. The van der Waals surface area contributed by atoms with Gasteiger partial charge in [0.1, 0.15) is 11.6 Å². The average Bonchev–Trinajstić information content (AvgIpc) is 2.55. The zero-order valence-corrected chi connectivity index (χ0v) is 13.0. The van der Waals surface area contributed by atoms with Gasteiger partial charge in [0.25, 0.3) is 5.91 Å². The Morgan fingerprint density at radius 1 is 1.14 bits per heavy atom. The summed E-state index contributed by atoms with van der Waals surface area (Å²) >= 11 is 12.0. The monoisotopic (exact) mass is 330 g/mol. The summed E-state index contributed by atoms with van der Waals surface area (Å²) in [7, 11) is 0. The van der Waals surface area contributed by atoms with Crippen LogP contribution in [0.4, 0.5) is 0 Å². The lowest BCUT2D eigenvalue weighted by molar-refractivity contribution is -0.117. The number of halogens is 2. The average molecular weight is 331 g/mol. The number of nitrogens with zero attached hydrogens (tertiary/aromatic N) is 1. The summed E-state index contributed by atoms with van der Waals surface area (Å²) in [5.74, 6) is -0.456. The molecule has 0 atom stereocenters. The lowest BCUT2D eigenvalue weighted by Gasteiger charge is -2.05. The van der Waals surface area contributed by atoms with E-state index in [1.165, 1.54) is 6.08 Å². The van der Waals surface area contributed by atoms with E-state index in [-0.39, 0.29) is 5.57 Å². The number of hydrogen-bond donors (Lipinski definition) is 1. The van der Waals surface area contributed by atoms with Gasteiger partial charge in [-0.25, -0.2) is 0 Å². The van der Waals surface area contributed by atoms with Gasteiger partial charge in [-0.1, -0.05) is 65.7 Å². The van der Waals surface area contributed by atoms with Gasteiger partial charge in [-0.3, -0.25) is 4.79 Å². The second kappa shape index (κ2) is 7.65. The smallest absolute Gasteiger partial charge is 0.262 e. The molecule has 5 heteroatoms. The lowest BCUT2D eigenvalue weighted by atomic mass is 10.1. The van der Waals surface area contributed by atoms with Crippen molar-refractivity contribution in [3.05, 3.63) is 75.3 Å². The van der Waals surface area contributed by atoms with E-state index in [4.69, 9.17) is 28.5 Å². The highest BCUT2D eigenvalue weighted by Gasteiger charge is 2.10. The molecule has 22 heavy (non-hydrogen) atoms. The highest BCUT2D eigenvalue weighted by atomic mass is 35.5. The van der Waals surface area contributed by atoms with E-state index in [2.05, 4.69) is 5.32 Å². The minimum atomic E-state index is -0.456. The molecule has 1 amide bonds. The molecular weight excluding hydrogens is 319 g/mol. The van der Waals surface area contributed by atoms with Crippen LogP contribution in [0.25, 0.3) is 6.08 Å². The van der Waals surface area contributed by atoms with Crippen LogP contribution in [0.1, 0.15) is 11.1 Å². The van der Waals surface area contributed by atoms with Crippen LogP contribution in [0.2, 0.25) is 10.0 Å². The number of carbonyl (C=O) groups excluding carboxylic acids is 1. The SMILES string of the molecule is N#C/C(=C\c1cccc(Cl)c1Cl)C(=O)NCc1ccccc1. The molecular formula is C17H12Cl2N2O. The molecule has 2 aromatic rings. The molecule has 0 spiro atoms. The topological polar surface area (TPSA) is 52.9 Å².